The molecule has 4 heterocycles. The van der Waals surface area contributed by atoms with E-state index in [4.69, 9.17) is 9.15 Å². The van der Waals surface area contributed by atoms with Crippen molar-refractivity contribution in [1.82, 2.24) is 19.7 Å². The average molecular weight is 376 g/mol. The number of ether oxygens (including phenoxy) is 1. The molecule has 0 aromatic carbocycles. The Hall–Kier alpha value is -1.74. The van der Waals surface area contributed by atoms with Crippen molar-refractivity contribution in [2.24, 2.45) is 0 Å². The Morgan fingerprint density at radius 1 is 1.12 bits per heavy atom. The van der Waals surface area contributed by atoms with E-state index in [1.165, 1.54) is 0 Å². The minimum atomic E-state index is 0.221. The van der Waals surface area contributed by atoms with Gasteiger partial charge in [-0.15, -0.1) is 11.3 Å². The Morgan fingerprint density at radius 3 is 2.62 bits per heavy atom. The second-order valence-electron chi connectivity index (χ2n) is 6.67. The first-order chi connectivity index (χ1) is 12.8. The standard InChI is InChI=1S/C18H24N4O3S/c23-17(22-7-9-24-10-8-22)13-21-5-3-20(4-6-21)12-15-14-25-18(19-15)16-2-1-11-26-16/h1-2,11,14H,3-10,12-13H2. The normalized spacial score (nSPS) is 19.8. The molecule has 1 amide bonds. The molecule has 2 aliphatic heterocycles. The highest BCUT2D eigenvalue weighted by Gasteiger charge is 2.23. The van der Waals surface area contributed by atoms with Crippen LogP contribution in [0.15, 0.2) is 28.2 Å². The molecule has 2 aromatic heterocycles. The lowest BCUT2D eigenvalue weighted by atomic mass is 10.3. The molecule has 2 fully saturated rings. The number of amides is 1. The first kappa shape index (κ1) is 17.7. The first-order valence-electron chi connectivity index (χ1n) is 9.06. The summed E-state index contributed by atoms with van der Waals surface area (Å²) in [4.78, 5) is 24.5. The number of carbonyl (C=O) groups excluding carboxylic acids is 1. The Labute approximate surface area is 157 Å². The van der Waals surface area contributed by atoms with Crippen molar-refractivity contribution >= 4 is 17.2 Å². The third-order valence-electron chi connectivity index (χ3n) is 4.86. The van der Waals surface area contributed by atoms with Crippen molar-refractivity contribution in [3.8, 4) is 10.8 Å². The largest absolute Gasteiger partial charge is 0.444 e. The molecular weight excluding hydrogens is 352 g/mol. The zero-order chi connectivity index (χ0) is 17.8. The molecule has 0 saturated carbocycles. The van der Waals surface area contributed by atoms with Crippen LogP contribution in [0.3, 0.4) is 0 Å². The van der Waals surface area contributed by atoms with E-state index in [-0.39, 0.29) is 5.91 Å². The average Bonchev–Trinajstić information content (AvgIpc) is 3.36. The van der Waals surface area contributed by atoms with E-state index in [9.17, 15) is 4.79 Å². The van der Waals surface area contributed by atoms with Gasteiger partial charge >= 0.3 is 0 Å². The second kappa shape index (κ2) is 8.30. The van der Waals surface area contributed by atoms with Gasteiger partial charge in [-0.2, -0.15) is 0 Å². The van der Waals surface area contributed by atoms with Crippen LogP contribution in [-0.2, 0) is 16.1 Å². The Morgan fingerprint density at radius 2 is 1.88 bits per heavy atom. The smallest absolute Gasteiger partial charge is 0.236 e. The Balaban J connectivity index is 1.23. The molecule has 0 spiro atoms. The molecule has 0 radical (unpaired) electrons. The van der Waals surface area contributed by atoms with Gasteiger partial charge < -0.3 is 14.1 Å². The molecule has 7 nitrogen and oxygen atoms in total. The summed E-state index contributed by atoms with van der Waals surface area (Å²) in [5, 5.41) is 2.02. The topological polar surface area (TPSA) is 62.1 Å². The van der Waals surface area contributed by atoms with E-state index in [2.05, 4.69) is 14.8 Å². The van der Waals surface area contributed by atoms with Gasteiger partial charge in [-0.25, -0.2) is 4.98 Å². The molecule has 2 aliphatic rings. The van der Waals surface area contributed by atoms with Crippen LogP contribution in [0.2, 0.25) is 0 Å². The third kappa shape index (κ3) is 4.32. The molecule has 0 bridgehead atoms. The fourth-order valence-corrected chi connectivity index (χ4v) is 3.99. The molecule has 2 aromatic rings. The summed E-state index contributed by atoms with van der Waals surface area (Å²) in [7, 11) is 0. The van der Waals surface area contributed by atoms with E-state index in [1.54, 1.807) is 17.6 Å². The highest BCUT2D eigenvalue weighted by molar-refractivity contribution is 7.13. The maximum absolute atomic E-state index is 12.3. The monoisotopic (exact) mass is 376 g/mol. The van der Waals surface area contributed by atoms with Crippen molar-refractivity contribution < 1.29 is 13.9 Å². The van der Waals surface area contributed by atoms with Gasteiger partial charge in [-0.3, -0.25) is 14.6 Å². The van der Waals surface area contributed by atoms with Crippen LogP contribution in [0.1, 0.15) is 5.69 Å². The van der Waals surface area contributed by atoms with Gasteiger partial charge in [0.2, 0.25) is 11.8 Å². The number of carbonyl (C=O) groups is 1. The SMILES string of the molecule is O=C(CN1CCN(Cc2coc(-c3cccs3)n2)CC1)N1CCOCC1. The number of oxazole rings is 1. The first-order valence-corrected chi connectivity index (χ1v) is 9.94. The predicted octanol–water partition coefficient (Wildman–Crippen LogP) is 1.38. The number of rotatable bonds is 5. The maximum atomic E-state index is 12.3. The van der Waals surface area contributed by atoms with Crippen molar-refractivity contribution in [1.29, 1.82) is 0 Å². The molecule has 2 saturated heterocycles. The Kier molecular flexibility index (Phi) is 5.64. The fraction of sp³-hybridized carbons (Fsp3) is 0.556. The van der Waals surface area contributed by atoms with Gasteiger partial charge in [-0.1, -0.05) is 6.07 Å². The zero-order valence-corrected chi connectivity index (χ0v) is 15.6. The van der Waals surface area contributed by atoms with Crippen molar-refractivity contribution in [2.45, 2.75) is 6.54 Å². The lowest BCUT2D eigenvalue weighted by Gasteiger charge is -2.35. The maximum Gasteiger partial charge on any atom is 0.236 e. The van der Waals surface area contributed by atoms with Gasteiger partial charge in [0.1, 0.15) is 6.26 Å². The number of piperazine rings is 1. The van der Waals surface area contributed by atoms with Gasteiger partial charge in [-0.05, 0) is 11.4 Å². The number of thiophene rings is 1. The van der Waals surface area contributed by atoms with Crippen LogP contribution in [0.5, 0.6) is 0 Å². The van der Waals surface area contributed by atoms with E-state index in [0.717, 1.165) is 56.4 Å². The van der Waals surface area contributed by atoms with E-state index >= 15 is 0 Å². The molecule has 140 valence electrons. The predicted molar refractivity (Wildman–Crippen MR) is 98.9 cm³/mol. The van der Waals surface area contributed by atoms with Crippen LogP contribution >= 0.6 is 11.3 Å². The van der Waals surface area contributed by atoms with Crippen molar-refractivity contribution in [2.75, 3.05) is 59.0 Å². The molecule has 0 aliphatic carbocycles. The molecule has 26 heavy (non-hydrogen) atoms. The second-order valence-corrected chi connectivity index (χ2v) is 7.61. The lowest BCUT2D eigenvalue weighted by Crippen LogP contribution is -2.51. The van der Waals surface area contributed by atoms with Crippen molar-refractivity contribution in [3.63, 3.8) is 0 Å². The van der Waals surface area contributed by atoms with Gasteiger partial charge in [0, 0.05) is 45.8 Å². The minimum absolute atomic E-state index is 0.221. The quantitative estimate of drug-likeness (QED) is 0.786. The molecule has 0 N–H and O–H groups in total. The molecular formula is C18H24N4O3S. The third-order valence-corrected chi connectivity index (χ3v) is 5.71. The highest BCUT2D eigenvalue weighted by Crippen LogP contribution is 2.24. The summed E-state index contributed by atoms with van der Waals surface area (Å²) in [6.07, 6.45) is 1.75. The van der Waals surface area contributed by atoms with E-state index < -0.39 is 0 Å². The zero-order valence-electron chi connectivity index (χ0n) is 14.8. The fourth-order valence-electron chi connectivity index (χ4n) is 3.33. The highest BCUT2D eigenvalue weighted by atomic mass is 32.1. The molecule has 0 unspecified atom stereocenters. The van der Waals surface area contributed by atoms with Gasteiger partial charge in [0.15, 0.2) is 0 Å². The number of aromatic nitrogens is 1. The Bertz CT molecular complexity index is 704. The number of hydrogen-bond donors (Lipinski definition) is 0. The van der Waals surface area contributed by atoms with Gasteiger partial charge in [0.25, 0.3) is 0 Å². The summed E-state index contributed by atoms with van der Waals surface area (Å²) in [5.74, 6) is 0.920. The van der Waals surface area contributed by atoms with Crippen LogP contribution in [0.4, 0.5) is 0 Å². The number of hydrogen-bond acceptors (Lipinski definition) is 7. The summed E-state index contributed by atoms with van der Waals surface area (Å²) < 4.78 is 10.9. The molecule has 0 atom stereocenters. The number of morpholine rings is 1. The number of nitrogens with zero attached hydrogens (tertiary/aromatic N) is 4. The summed E-state index contributed by atoms with van der Waals surface area (Å²) >= 11 is 1.63. The van der Waals surface area contributed by atoms with Crippen LogP contribution < -0.4 is 0 Å². The summed E-state index contributed by atoms with van der Waals surface area (Å²) in [6.45, 7) is 7.76. The molecule has 4 rings (SSSR count). The van der Waals surface area contributed by atoms with E-state index in [0.29, 0.717) is 25.6 Å². The van der Waals surface area contributed by atoms with Crippen LogP contribution in [0, 0.1) is 0 Å². The summed E-state index contributed by atoms with van der Waals surface area (Å²) in [5.41, 5.74) is 0.964. The lowest BCUT2D eigenvalue weighted by molar-refractivity contribution is -0.136. The van der Waals surface area contributed by atoms with Crippen molar-refractivity contribution in [3.05, 3.63) is 29.5 Å². The van der Waals surface area contributed by atoms with Gasteiger partial charge in [0.05, 0.1) is 30.3 Å². The molecule has 8 heteroatoms. The van der Waals surface area contributed by atoms with Crippen LogP contribution in [0.25, 0.3) is 10.8 Å². The van der Waals surface area contributed by atoms with E-state index in [1.807, 2.05) is 22.4 Å². The minimum Gasteiger partial charge on any atom is -0.444 e. The van der Waals surface area contributed by atoms with Crippen LogP contribution in [-0.4, -0.2) is 84.6 Å². The summed E-state index contributed by atoms with van der Waals surface area (Å²) in [6, 6.07) is 4.02.